The van der Waals surface area contributed by atoms with Gasteiger partial charge < -0.3 is 4.74 Å². The van der Waals surface area contributed by atoms with E-state index in [0.717, 1.165) is 6.07 Å². The fourth-order valence-electron chi connectivity index (χ4n) is 2.37. The van der Waals surface area contributed by atoms with Crippen molar-refractivity contribution in [2.24, 2.45) is 0 Å². The van der Waals surface area contributed by atoms with Crippen molar-refractivity contribution in [3.8, 4) is 5.75 Å². The molecule has 1 heterocycles. The Morgan fingerprint density at radius 3 is 2.64 bits per heavy atom. The Bertz CT molecular complexity index is 1070. The number of pyridine rings is 1. The SMILES string of the molecule is COc1cnc2c(NS(=O)(=O)c3ccccc3[N+](=O)[O-])cccc2c1. The van der Waals surface area contributed by atoms with Gasteiger partial charge >= 0.3 is 0 Å². The number of nitrogens with zero attached hydrogens (tertiary/aromatic N) is 2. The lowest BCUT2D eigenvalue weighted by atomic mass is 10.2. The van der Waals surface area contributed by atoms with Gasteiger partial charge in [0.2, 0.25) is 0 Å². The average Bonchev–Trinajstić information content (AvgIpc) is 2.61. The first-order valence-corrected chi connectivity index (χ1v) is 8.60. The molecule has 0 saturated carbocycles. The second-order valence-corrected chi connectivity index (χ2v) is 6.73. The zero-order valence-electron chi connectivity index (χ0n) is 13.0. The Kier molecular flexibility index (Phi) is 4.24. The maximum atomic E-state index is 12.6. The molecule has 3 aromatic rings. The van der Waals surface area contributed by atoms with Crippen molar-refractivity contribution >= 4 is 32.3 Å². The van der Waals surface area contributed by atoms with E-state index in [2.05, 4.69) is 9.71 Å². The summed E-state index contributed by atoms with van der Waals surface area (Å²) in [5.41, 5.74) is 0.133. The van der Waals surface area contributed by atoms with Crippen LogP contribution in [-0.4, -0.2) is 25.4 Å². The number of nitro benzene ring substituents is 1. The van der Waals surface area contributed by atoms with Gasteiger partial charge in [-0.2, -0.15) is 0 Å². The predicted octanol–water partition coefficient (Wildman–Crippen LogP) is 2.95. The second-order valence-electron chi connectivity index (χ2n) is 5.08. The third-order valence-corrected chi connectivity index (χ3v) is 4.93. The molecule has 0 aliphatic carbocycles. The molecular formula is C16H13N3O5S. The van der Waals surface area contributed by atoms with Crippen LogP contribution in [0.4, 0.5) is 11.4 Å². The maximum Gasteiger partial charge on any atom is 0.289 e. The molecule has 0 aliphatic heterocycles. The van der Waals surface area contributed by atoms with Crippen LogP contribution in [-0.2, 0) is 10.0 Å². The number of methoxy groups -OCH3 is 1. The largest absolute Gasteiger partial charge is 0.495 e. The van der Waals surface area contributed by atoms with Gasteiger partial charge in [-0.05, 0) is 18.2 Å². The zero-order valence-corrected chi connectivity index (χ0v) is 13.9. The molecule has 0 aliphatic rings. The number of fused-ring (bicyclic) bond motifs is 1. The van der Waals surface area contributed by atoms with Crippen LogP contribution < -0.4 is 9.46 Å². The van der Waals surface area contributed by atoms with Crippen molar-refractivity contribution in [2.75, 3.05) is 11.8 Å². The number of hydrogen-bond acceptors (Lipinski definition) is 6. The lowest BCUT2D eigenvalue weighted by Gasteiger charge is -2.11. The highest BCUT2D eigenvalue weighted by molar-refractivity contribution is 7.92. The summed E-state index contributed by atoms with van der Waals surface area (Å²) >= 11 is 0. The van der Waals surface area contributed by atoms with Crippen LogP contribution in [0.2, 0.25) is 0 Å². The third-order valence-electron chi connectivity index (χ3n) is 3.52. The minimum atomic E-state index is -4.16. The molecule has 0 spiro atoms. The number of hydrogen-bond donors (Lipinski definition) is 1. The van der Waals surface area contributed by atoms with Crippen molar-refractivity contribution in [1.82, 2.24) is 4.98 Å². The number of nitro groups is 1. The highest BCUT2D eigenvalue weighted by Crippen LogP contribution is 2.29. The van der Waals surface area contributed by atoms with Gasteiger partial charge in [0.15, 0.2) is 4.90 Å². The molecule has 8 nitrogen and oxygen atoms in total. The van der Waals surface area contributed by atoms with E-state index >= 15 is 0 Å². The minimum Gasteiger partial charge on any atom is -0.495 e. The standard InChI is InChI=1S/C16H13N3O5S/c1-24-12-9-11-5-4-6-13(16(11)17-10-12)18-25(22,23)15-8-3-2-7-14(15)19(20)21/h2-10,18H,1H3. The number of para-hydroxylation sites is 2. The van der Waals surface area contributed by atoms with Crippen LogP contribution in [0.3, 0.4) is 0 Å². The third kappa shape index (κ3) is 3.22. The molecule has 0 bridgehead atoms. The van der Waals surface area contributed by atoms with E-state index in [1.54, 1.807) is 18.2 Å². The maximum absolute atomic E-state index is 12.6. The highest BCUT2D eigenvalue weighted by atomic mass is 32.2. The van der Waals surface area contributed by atoms with Gasteiger partial charge in [0.25, 0.3) is 15.7 Å². The number of ether oxygens (including phenoxy) is 1. The summed E-state index contributed by atoms with van der Waals surface area (Å²) in [7, 11) is -2.66. The van der Waals surface area contributed by atoms with E-state index in [0.29, 0.717) is 16.7 Å². The fraction of sp³-hybridized carbons (Fsp3) is 0.0625. The zero-order chi connectivity index (χ0) is 18.0. The van der Waals surface area contributed by atoms with E-state index in [-0.39, 0.29) is 5.69 Å². The molecule has 3 rings (SSSR count). The first-order valence-electron chi connectivity index (χ1n) is 7.11. The van der Waals surface area contributed by atoms with E-state index < -0.39 is 25.5 Å². The molecule has 1 aromatic heterocycles. The molecule has 0 unspecified atom stereocenters. The predicted molar refractivity (Wildman–Crippen MR) is 92.2 cm³/mol. The lowest BCUT2D eigenvalue weighted by Crippen LogP contribution is -2.15. The highest BCUT2D eigenvalue weighted by Gasteiger charge is 2.25. The van der Waals surface area contributed by atoms with Crippen LogP contribution >= 0.6 is 0 Å². The van der Waals surface area contributed by atoms with E-state index in [4.69, 9.17) is 4.74 Å². The Balaban J connectivity index is 2.08. The normalized spacial score (nSPS) is 11.2. The van der Waals surface area contributed by atoms with Crippen LogP contribution in [0.25, 0.3) is 10.9 Å². The molecular weight excluding hydrogens is 346 g/mol. The molecule has 25 heavy (non-hydrogen) atoms. The summed E-state index contributed by atoms with van der Waals surface area (Å²) in [4.78, 5) is 14.1. The number of rotatable bonds is 5. The van der Waals surface area contributed by atoms with Crippen molar-refractivity contribution in [3.05, 3.63) is 64.8 Å². The van der Waals surface area contributed by atoms with Crippen molar-refractivity contribution < 1.29 is 18.1 Å². The summed E-state index contributed by atoms with van der Waals surface area (Å²) in [5, 5.41) is 11.8. The van der Waals surface area contributed by atoms with Gasteiger partial charge in [0, 0.05) is 11.5 Å². The molecule has 1 N–H and O–H groups in total. The van der Waals surface area contributed by atoms with E-state index in [1.807, 2.05) is 0 Å². The Hall–Kier alpha value is -3.20. The first kappa shape index (κ1) is 16.7. The topological polar surface area (TPSA) is 111 Å². The van der Waals surface area contributed by atoms with E-state index in [9.17, 15) is 18.5 Å². The number of benzene rings is 2. The summed E-state index contributed by atoms with van der Waals surface area (Å²) in [6.07, 6.45) is 1.46. The minimum absolute atomic E-state index is 0.221. The van der Waals surface area contributed by atoms with Crippen LogP contribution in [0.1, 0.15) is 0 Å². The Labute approximate surface area is 143 Å². The average molecular weight is 359 g/mol. The molecule has 0 atom stereocenters. The molecule has 0 radical (unpaired) electrons. The Morgan fingerprint density at radius 1 is 1.16 bits per heavy atom. The quantitative estimate of drug-likeness (QED) is 0.554. The molecule has 128 valence electrons. The summed E-state index contributed by atoms with van der Waals surface area (Å²) in [6.45, 7) is 0. The summed E-state index contributed by atoms with van der Waals surface area (Å²) in [5.74, 6) is 0.534. The molecule has 9 heteroatoms. The molecule has 0 saturated heterocycles. The molecule has 0 amide bonds. The smallest absolute Gasteiger partial charge is 0.289 e. The van der Waals surface area contributed by atoms with E-state index in [1.165, 1.54) is 37.6 Å². The second kappa shape index (κ2) is 6.36. The van der Waals surface area contributed by atoms with Gasteiger partial charge in [-0.1, -0.05) is 24.3 Å². The lowest BCUT2D eigenvalue weighted by molar-refractivity contribution is -0.387. The number of aromatic nitrogens is 1. The fourth-order valence-corrected chi connectivity index (χ4v) is 3.61. The van der Waals surface area contributed by atoms with Crippen LogP contribution in [0.5, 0.6) is 5.75 Å². The first-order chi connectivity index (χ1) is 11.9. The molecule has 2 aromatic carbocycles. The van der Waals surface area contributed by atoms with Gasteiger partial charge in [-0.3, -0.25) is 19.8 Å². The van der Waals surface area contributed by atoms with Crippen molar-refractivity contribution in [3.63, 3.8) is 0 Å². The van der Waals surface area contributed by atoms with Crippen LogP contribution in [0, 0.1) is 10.1 Å². The van der Waals surface area contributed by atoms with Gasteiger partial charge in [0.1, 0.15) is 5.75 Å². The Morgan fingerprint density at radius 2 is 1.92 bits per heavy atom. The number of nitrogens with one attached hydrogen (secondary N) is 1. The van der Waals surface area contributed by atoms with Crippen LogP contribution in [0.15, 0.2) is 59.6 Å². The van der Waals surface area contributed by atoms with Gasteiger partial charge in [0.05, 0.1) is 29.4 Å². The number of sulfonamides is 1. The van der Waals surface area contributed by atoms with Gasteiger partial charge in [-0.15, -0.1) is 0 Å². The summed E-state index contributed by atoms with van der Waals surface area (Å²) in [6, 6.07) is 11.8. The van der Waals surface area contributed by atoms with Gasteiger partial charge in [-0.25, -0.2) is 8.42 Å². The monoisotopic (exact) mass is 359 g/mol. The van der Waals surface area contributed by atoms with Crippen molar-refractivity contribution in [1.29, 1.82) is 0 Å². The van der Waals surface area contributed by atoms with Crippen molar-refractivity contribution in [2.45, 2.75) is 4.90 Å². The number of anilines is 1. The molecule has 0 fully saturated rings. The summed E-state index contributed by atoms with van der Waals surface area (Å²) < 4.78 is 32.7.